The highest BCUT2D eigenvalue weighted by Gasteiger charge is 2.01. The van der Waals surface area contributed by atoms with Crippen molar-refractivity contribution in [3.63, 3.8) is 0 Å². The van der Waals surface area contributed by atoms with E-state index in [4.69, 9.17) is 11.0 Å². The van der Waals surface area contributed by atoms with Gasteiger partial charge in [0.1, 0.15) is 11.9 Å². The zero-order valence-corrected chi connectivity index (χ0v) is 7.96. The van der Waals surface area contributed by atoms with Gasteiger partial charge in [-0.3, -0.25) is 0 Å². The molecule has 0 aromatic carbocycles. The van der Waals surface area contributed by atoms with E-state index < -0.39 is 0 Å². The molecule has 0 aliphatic heterocycles. The van der Waals surface area contributed by atoms with E-state index in [0.717, 1.165) is 5.56 Å². The Hall–Kier alpha value is -2.35. The normalized spacial score (nSPS) is 9.80. The predicted molar refractivity (Wildman–Crippen MR) is 54.7 cm³/mol. The Balaban J connectivity index is 2.23. The number of hydrogen-bond acceptors (Lipinski definition) is 4. The Kier molecular flexibility index (Phi) is 2.33. The largest absolute Gasteiger partial charge is 0.384 e. The van der Waals surface area contributed by atoms with Crippen LogP contribution in [0, 0.1) is 11.3 Å². The molecule has 2 N–H and O–H groups in total. The third kappa shape index (κ3) is 1.94. The van der Waals surface area contributed by atoms with E-state index in [-0.39, 0.29) is 0 Å². The van der Waals surface area contributed by atoms with Crippen molar-refractivity contribution < 1.29 is 0 Å². The number of nitrogen functional groups attached to an aromatic ring is 1. The molecule has 0 atom stereocenters. The van der Waals surface area contributed by atoms with E-state index in [9.17, 15) is 0 Å². The molecular weight excluding hydrogens is 190 g/mol. The summed E-state index contributed by atoms with van der Waals surface area (Å²) in [6.45, 7) is 0.580. The highest BCUT2D eigenvalue weighted by molar-refractivity contribution is 5.29. The van der Waals surface area contributed by atoms with Gasteiger partial charge in [0.2, 0.25) is 5.82 Å². The number of rotatable bonds is 2. The first-order valence-corrected chi connectivity index (χ1v) is 4.41. The number of hydrogen-bond donors (Lipinski definition) is 1. The number of aromatic nitrogens is 3. The summed E-state index contributed by atoms with van der Waals surface area (Å²) in [5, 5.41) is 8.76. The van der Waals surface area contributed by atoms with Crippen molar-refractivity contribution in [1.82, 2.24) is 14.5 Å². The van der Waals surface area contributed by atoms with Gasteiger partial charge >= 0.3 is 0 Å². The third-order valence-electron chi connectivity index (χ3n) is 2.02. The van der Waals surface area contributed by atoms with Gasteiger partial charge in [0.05, 0.1) is 6.54 Å². The van der Waals surface area contributed by atoms with E-state index in [0.29, 0.717) is 18.2 Å². The van der Waals surface area contributed by atoms with Gasteiger partial charge in [-0.2, -0.15) is 5.26 Å². The Morgan fingerprint density at radius 2 is 2.27 bits per heavy atom. The highest BCUT2D eigenvalue weighted by Crippen LogP contribution is 2.05. The summed E-state index contributed by atoms with van der Waals surface area (Å²) in [5.41, 5.74) is 6.46. The van der Waals surface area contributed by atoms with Gasteiger partial charge in [0, 0.05) is 18.6 Å². The van der Waals surface area contributed by atoms with E-state index >= 15 is 0 Å². The summed E-state index contributed by atoms with van der Waals surface area (Å²) in [7, 11) is 0. The number of nitriles is 1. The zero-order chi connectivity index (χ0) is 10.7. The minimum Gasteiger partial charge on any atom is -0.384 e. The molecule has 15 heavy (non-hydrogen) atoms. The number of pyridine rings is 1. The fourth-order valence-corrected chi connectivity index (χ4v) is 1.28. The van der Waals surface area contributed by atoms with Crippen molar-refractivity contribution in [2.75, 3.05) is 5.73 Å². The Morgan fingerprint density at radius 1 is 1.40 bits per heavy atom. The summed E-state index contributed by atoms with van der Waals surface area (Å²) in [6, 6.07) is 5.63. The molecule has 2 aromatic heterocycles. The molecule has 2 heterocycles. The molecule has 0 radical (unpaired) electrons. The van der Waals surface area contributed by atoms with Crippen molar-refractivity contribution in [2.24, 2.45) is 0 Å². The van der Waals surface area contributed by atoms with Crippen LogP contribution in [-0.2, 0) is 6.54 Å². The van der Waals surface area contributed by atoms with Crippen LogP contribution in [0.4, 0.5) is 5.82 Å². The van der Waals surface area contributed by atoms with Crippen LogP contribution in [0.15, 0.2) is 30.7 Å². The lowest BCUT2D eigenvalue weighted by Gasteiger charge is -2.03. The van der Waals surface area contributed by atoms with Gasteiger partial charge in [-0.15, -0.1) is 0 Å². The molecule has 0 bridgehead atoms. The standard InChI is InChI=1S/C10H9N5/c11-5-10-13-3-4-15(10)7-8-1-2-9(12)14-6-8/h1-4,6H,7H2,(H2,12,14). The molecule has 0 unspecified atom stereocenters. The summed E-state index contributed by atoms with van der Waals surface area (Å²) in [4.78, 5) is 7.88. The number of imidazole rings is 1. The molecule has 0 aliphatic rings. The lowest BCUT2D eigenvalue weighted by atomic mass is 10.3. The lowest BCUT2D eigenvalue weighted by molar-refractivity contribution is 0.779. The van der Waals surface area contributed by atoms with Crippen LogP contribution in [0.5, 0.6) is 0 Å². The molecule has 2 aromatic rings. The maximum absolute atomic E-state index is 8.76. The molecule has 0 aliphatic carbocycles. The van der Waals surface area contributed by atoms with Gasteiger partial charge in [0.15, 0.2) is 0 Å². The summed E-state index contributed by atoms with van der Waals surface area (Å²) in [5.74, 6) is 0.886. The average molecular weight is 199 g/mol. The highest BCUT2D eigenvalue weighted by atomic mass is 15.1. The monoisotopic (exact) mass is 199 g/mol. The minimum atomic E-state index is 0.395. The van der Waals surface area contributed by atoms with Gasteiger partial charge in [0.25, 0.3) is 0 Å². The number of nitrogens with two attached hydrogens (primary N) is 1. The molecule has 5 heteroatoms. The van der Waals surface area contributed by atoms with Crippen LogP contribution in [0.2, 0.25) is 0 Å². The molecule has 74 valence electrons. The Labute approximate surface area is 86.8 Å². The van der Waals surface area contributed by atoms with Crippen LogP contribution in [0.3, 0.4) is 0 Å². The second-order valence-electron chi connectivity index (χ2n) is 3.08. The first-order valence-electron chi connectivity index (χ1n) is 4.41. The van der Waals surface area contributed by atoms with Crippen LogP contribution in [-0.4, -0.2) is 14.5 Å². The maximum atomic E-state index is 8.76. The van der Waals surface area contributed by atoms with E-state index in [1.165, 1.54) is 0 Å². The second kappa shape index (κ2) is 3.80. The fourth-order valence-electron chi connectivity index (χ4n) is 1.28. The summed E-state index contributed by atoms with van der Waals surface area (Å²) in [6.07, 6.45) is 5.05. The molecule has 0 fully saturated rings. The first-order chi connectivity index (χ1) is 7.29. The van der Waals surface area contributed by atoms with Crippen molar-refractivity contribution in [2.45, 2.75) is 6.54 Å². The van der Waals surface area contributed by atoms with Crippen molar-refractivity contribution in [3.8, 4) is 6.07 Å². The number of anilines is 1. The fraction of sp³-hybridized carbons (Fsp3) is 0.100. The Morgan fingerprint density at radius 3 is 2.93 bits per heavy atom. The van der Waals surface area contributed by atoms with Gasteiger partial charge in [-0.05, 0) is 11.6 Å². The van der Waals surface area contributed by atoms with E-state index in [1.807, 2.05) is 12.1 Å². The molecule has 0 saturated carbocycles. The zero-order valence-electron chi connectivity index (χ0n) is 7.96. The second-order valence-corrected chi connectivity index (χ2v) is 3.08. The maximum Gasteiger partial charge on any atom is 0.213 e. The van der Waals surface area contributed by atoms with Gasteiger partial charge in [-0.1, -0.05) is 6.07 Å². The smallest absolute Gasteiger partial charge is 0.213 e. The SMILES string of the molecule is N#Cc1nccn1Cc1ccc(N)nc1. The molecule has 5 nitrogen and oxygen atoms in total. The van der Waals surface area contributed by atoms with E-state index in [1.54, 1.807) is 29.2 Å². The summed E-state index contributed by atoms with van der Waals surface area (Å²) < 4.78 is 1.76. The quantitative estimate of drug-likeness (QED) is 0.775. The predicted octanol–water partition coefficient (Wildman–Crippen LogP) is 0.780. The molecule has 0 spiro atoms. The molecular formula is C10H9N5. The van der Waals surface area contributed by atoms with Gasteiger partial charge < -0.3 is 10.3 Å². The average Bonchev–Trinajstić information content (AvgIpc) is 2.69. The van der Waals surface area contributed by atoms with Crippen LogP contribution >= 0.6 is 0 Å². The van der Waals surface area contributed by atoms with Crippen molar-refractivity contribution in [3.05, 3.63) is 42.1 Å². The van der Waals surface area contributed by atoms with Crippen LogP contribution in [0.25, 0.3) is 0 Å². The van der Waals surface area contributed by atoms with Crippen LogP contribution in [0.1, 0.15) is 11.4 Å². The minimum absolute atomic E-state index is 0.395. The van der Waals surface area contributed by atoms with E-state index in [2.05, 4.69) is 9.97 Å². The Bertz CT molecular complexity index is 491. The molecule has 2 rings (SSSR count). The lowest BCUT2D eigenvalue weighted by Crippen LogP contribution is -2.02. The first kappa shape index (κ1) is 9.21. The molecule has 0 amide bonds. The topological polar surface area (TPSA) is 80.5 Å². The van der Waals surface area contributed by atoms with Crippen molar-refractivity contribution >= 4 is 5.82 Å². The summed E-state index contributed by atoms with van der Waals surface area (Å²) >= 11 is 0. The van der Waals surface area contributed by atoms with Crippen molar-refractivity contribution in [1.29, 1.82) is 5.26 Å². The third-order valence-corrected chi connectivity index (χ3v) is 2.02. The van der Waals surface area contributed by atoms with Crippen LogP contribution < -0.4 is 5.73 Å². The van der Waals surface area contributed by atoms with Gasteiger partial charge in [-0.25, -0.2) is 9.97 Å². The molecule has 0 saturated heterocycles. The number of nitrogens with zero attached hydrogens (tertiary/aromatic N) is 4.